The van der Waals surface area contributed by atoms with Crippen molar-refractivity contribution in [3.8, 4) is 6.07 Å². The fourth-order valence-electron chi connectivity index (χ4n) is 2.41. The number of rotatable bonds is 3. The van der Waals surface area contributed by atoms with Crippen LogP contribution in [0.2, 0.25) is 5.28 Å². The van der Waals surface area contributed by atoms with E-state index in [-0.39, 0.29) is 11.2 Å². The predicted molar refractivity (Wildman–Crippen MR) is 86.3 cm³/mol. The SMILES string of the molecule is CC(C)(C)OC(=O)NCC1CCN(c2nc(Cl)ncc2C#N)C1. The van der Waals surface area contributed by atoms with Gasteiger partial charge in [-0.25, -0.2) is 9.78 Å². The number of hydrogen-bond donors (Lipinski definition) is 1. The molecule has 8 heteroatoms. The molecule has 1 aromatic heterocycles. The number of carbonyl (C=O) groups excluding carboxylic acids is 1. The van der Waals surface area contributed by atoms with Gasteiger partial charge in [-0.2, -0.15) is 10.2 Å². The molecule has 1 unspecified atom stereocenters. The van der Waals surface area contributed by atoms with Crippen molar-refractivity contribution in [2.75, 3.05) is 24.5 Å². The van der Waals surface area contributed by atoms with Gasteiger partial charge in [0.15, 0.2) is 5.82 Å². The van der Waals surface area contributed by atoms with Crippen molar-refractivity contribution >= 4 is 23.5 Å². The molecule has 0 saturated carbocycles. The van der Waals surface area contributed by atoms with Crippen molar-refractivity contribution in [1.29, 1.82) is 5.26 Å². The van der Waals surface area contributed by atoms with E-state index in [1.807, 2.05) is 25.7 Å². The second kappa shape index (κ2) is 7.01. The lowest BCUT2D eigenvalue weighted by Gasteiger charge is -2.21. The highest BCUT2D eigenvalue weighted by Crippen LogP contribution is 2.25. The molecule has 1 N–H and O–H groups in total. The largest absolute Gasteiger partial charge is 0.444 e. The molecule has 1 aliphatic rings. The van der Waals surface area contributed by atoms with Gasteiger partial charge in [0.2, 0.25) is 5.28 Å². The monoisotopic (exact) mass is 337 g/mol. The van der Waals surface area contributed by atoms with Gasteiger partial charge in [0.25, 0.3) is 0 Å². The van der Waals surface area contributed by atoms with Crippen LogP contribution in [0.4, 0.5) is 10.6 Å². The Labute approximate surface area is 140 Å². The minimum atomic E-state index is -0.509. The number of nitriles is 1. The Balaban J connectivity index is 1.91. The molecule has 124 valence electrons. The van der Waals surface area contributed by atoms with E-state index in [4.69, 9.17) is 21.6 Å². The van der Waals surface area contributed by atoms with Crippen LogP contribution in [-0.4, -0.2) is 41.3 Å². The van der Waals surface area contributed by atoms with Crippen LogP contribution >= 0.6 is 11.6 Å². The van der Waals surface area contributed by atoms with E-state index in [0.29, 0.717) is 24.5 Å². The van der Waals surface area contributed by atoms with Crippen LogP contribution in [0.3, 0.4) is 0 Å². The molecule has 2 rings (SSSR count). The molecule has 23 heavy (non-hydrogen) atoms. The van der Waals surface area contributed by atoms with Crippen molar-refractivity contribution in [2.45, 2.75) is 32.8 Å². The number of halogens is 1. The van der Waals surface area contributed by atoms with Gasteiger partial charge in [-0.05, 0) is 44.7 Å². The number of hydrogen-bond acceptors (Lipinski definition) is 6. The standard InChI is InChI=1S/C15H20ClN5O2/c1-15(2,3)23-14(22)19-7-10-4-5-21(9-10)12-11(6-17)8-18-13(16)20-12/h8,10H,4-5,7,9H2,1-3H3,(H,19,22). The summed E-state index contributed by atoms with van der Waals surface area (Å²) in [4.78, 5) is 21.7. The minimum absolute atomic E-state index is 0.120. The number of anilines is 1. The number of alkyl carbamates (subject to hydrolysis) is 1. The van der Waals surface area contributed by atoms with Gasteiger partial charge in [0.1, 0.15) is 17.2 Å². The van der Waals surface area contributed by atoms with Crippen LogP contribution in [0, 0.1) is 17.2 Å². The first-order chi connectivity index (χ1) is 10.8. The second-order valence-corrected chi connectivity index (χ2v) is 6.81. The van der Waals surface area contributed by atoms with E-state index in [0.717, 1.165) is 13.0 Å². The summed E-state index contributed by atoms with van der Waals surface area (Å²) < 4.78 is 5.22. The third-order valence-electron chi connectivity index (χ3n) is 3.38. The Hall–Kier alpha value is -2.07. The second-order valence-electron chi connectivity index (χ2n) is 6.47. The first-order valence-corrected chi connectivity index (χ1v) is 7.80. The molecule has 0 aliphatic carbocycles. The Bertz CT molecular complexity index is 623. The quantitative estimate of drug-likeness (QED) is 0.851. The highest BCUT2D eigenvalue weighted by atomic mass is 35.5. The third-order valence-corrected chi connectivity index (χ3v) is 3.56. The van der Waals surface area contributed by atoms with Gasteiger partial charge < -0.3 is 15.0 Å². The van der Waals surface area contributed by atoms with Crippen molar-refractivity contribution < 1.29 is 9.53 Å². The molecule has 2 heterocycles. The summed E-state index contributed by atoms with van der Waals surface area (Å²) in [6.45, 7) is 7.44. The zero-order valence-corrected chi connectivity index (χ0v) is 14.2. The smallest absolute Gasteiger partial charge is 0.407 e. The maximum Gasteiger partial charge on any atom is 0.407 e. The van der Waals surface area contributed by atoms with E-state index in [1.165, 1.54) is 6.20 Å². The van der Waals surface area contributed by atoms with Gasteiger partial charge in [-0.1, -0.05) is 0 Å². The Morgan fingerprint density at radius 1 is 1.61 bits per heavy atom. The fraction of sp³-hybridized carbons (Fsp3) is 0.600. The Kier molecular flexibility index (Phi) is 5.26. The molecule has 0 bridgehead atoms. The van der Waals surface area contributed by atoms with Gasteiger partial charge in [-0.15, -0.1) is 0 Å². The van der Waals surface area contributed by atoms with Gasteiger partial charge in [0, 0.05) is 19.6 Å². The zero-order valence-electron chi connectivity index (χ0n) is 13.5. The topological polar surface area (TPSA) is 91.1 Å². The number of nitrogens with zero attached hydrogens (tertiary/aromatic N) is 4. The third kappa shape index (κ3) is 4.96. The fourth-order valence-corrected chi connectivity index (χ4v) is 2.53. The normalized spacial score (nSPS) is 17.7. The number of carbonyl (C=O) groups is 1. The number of nitrogens with one attached hydrogen (secondary N) is 1. The van der Waals surface area contributed by atoms with Gasteiger partial charge in [-0.3, -0.25) is 0 Å². The molecule has 1 amide bonds. The molecule has 0 radical (unpaired) electrons. The highest BCUT2D eigenvalue weighted by molar-refractivity contribution is 6.28. The predicted octanol–water partition coefficient (Wildman–Crippen LogP) is 2.35. The highest BCUT2D eigenvalue weighted by Gasteiger charge is 2.26. The molecule has 1 aromatic rings. The van der Waals surface area contributed by atoms with Crippen LogP contribution in [0.25, 0.3) is 0 Å². The summed E-state index contributed by atoms with van der Waals surface area (Å²) in [6, 6.07) is 2.08. The number of aromatic nitrogens is 2. The van der Waals surface area contributed by atoms with E-state index in [2.05, 4.69) is 21.4 Å². The van der Waals surface area contributed by atoms with Crippen LogP contribution in [-0.2, 0) is 4.74 Å². The molecular weight excluding hydrogens is 318 g/mol. The van der Waals surface area contributed by atoms with Crippen LogP contribution in [0.15, 0.2) is 6.20 Å². The van der Waals surface area contributed by atoms with Crippen molar-refractivity contribution in [2.24, 2.45) is 5.92 Å². The Morgan fingerprint density at radius 3 is 3.00 bits per heavy atom. The van der Waals surface area contributed by atoms with Crippen LogP contribution in [0.5, 0.6) is 0 Å². The summed E-state index contributed by atoms with van der Waals surface area (Å²) in [5, 5.41) is 12.0. The van der Waals surface area contributed by atoms with Gasteiger partial charge >= 0.3 is 6.09 Å². The number of ether oxygens (including phenoxy) is 1. The van der Waals surface area contributed by atoms with E-state index in [1.54, 1.807) is 0 Å². The van der Waals surface area contributed by atoms with Crippen LogP contribution in [0.1, 0.15) is 32.8 Å². The first-order valence-electron chi connectivity index (χ1n) is 7.43. The summed E-state index contributed by atoms with van der Waals surface area (Å²) in [7, 11) is 0. The molecule has 1 fully saturated rings. The molecule has 0 aromatic carbocycles. The van der Waals surface area contributed by atoms with E-state index >= 15 is 0 Å². The molecule has 1 aliphatic heterocycles. The van der Waals surface area contributed by atoms with Crippen molar-refractivity contribution in [3.63, 3.8) is 0 Å². The lowest BCUT2D eigenvalue weighted by Crippen LogP contribution is -2.36. The summed E-state index contributed by atoms with van der Waals surface area (Å²) in [5.41, 5.74) is -0.110. The maximum absolute atomic E-state index is 11.7. The average Bonchev–Trinajstić information content (AvgIpc) is 2.92. The summed E-state index contributed by atoms with van der Waals surface area (Å²) in [6.07, 6.45) is 1.90. The van der Waals surface area contributed by atoms with Crippen LogP contribution < -0.4 is 10.2 Å². The molecule has 0 spiro atoms. The molecular formula is C15H20ClN5O2. The zero-order chi connectivity index (χ0) is 17.0. The lowest BCUT2D eigenvalue weighted by molar-refractivity contribution is 0.0520. The minimum Gasteiger partial charge on any atom is -0.444 e. The maximum atomic E-state index is 11.7. The van der Waals surface area contributed by atoms with Crippen molar-refractivity contribution in [1.82, 2.24) is 15.3 Å². The van der Waals surface area contributed by atoms with Gasteiger partial charge in [0.05, 0.1) is 6.20 Å². The van der Waals surface area contributed by atoms with E-state index < -0.39 is 11.7 Å². The number of amides is 1. The lowest BCUT2D eigenvalue weighted by atomic mass is 10.1. The molecule has 1 saturated heterocycles. The van der Waals surface area contributed by atoms with E-state index in [9.17, 15) is 4.79 Å². The molecule has 7 nitrogen and oxygen atoms in total. The summed E-state index contributed by atoms with van der Waals surface area (Å²) in [5.74, 6) is 0.815. The molecule has 1 atom stereocenters. The first kappa shape index (κ1) is 17.3. The Morgan fingerprint density at radius 2 is 2.35 bits per heavy atom. The average molecular weight is 338 g/mol. The van der Waals surface area contributed by atoms with Crippen molar-refractivity contribution in [3.05, 3.63) is 17.0 Å². The summed E-state index contributed by atoms with van der Waals surface area (Å²) >= 11 is 5.82.